The van der Waals surface area contributed by atoms with E-state index in [0.717, 1.165) is 24.2 Å². The molecule has 1 atom stereocenters. The first-order valence-corrected chi connectivity index (χ1v) is 5.70. The van der Waals surface area contributed by atoms with Crippen molar-refractivity contribution >= 4 is 5.69 Å². The SMILES string of the molecule is Nc1cccc(-c2nc3n(n2)CC(O)CC3)c1. The molecule has 0 bridgehead atoms. The Hall–Kier alpha value is -1.88. The largest absolute Gasteiger partial charge is 0.399 e. The van der Waals surface area contributed by atoms with E-state index in [1.54, 1.807) is 4.68 Å². The molecule has 0 saturated heterocycles. The van der Waals surface area contributed by atoms with Crippen LogP contribution < -0.4 is 5.73 Å². The maximum absolute atomic E-state index is 9.57. The Bertz CT molecular complexity index is 549. The Morgan fingerprint density at radius 1 is 1.41 bits per heavy atom. The lowest BCUT2D eigenvalue weighted by atomic mass is 10.1. The molecule has 1 aliphatic heterocycles. The second-order valence-electron chi connectivity index (χ2n) is 4.35. The zero-order chi connectivity index (χ0) is 11.8. The zero-order valence-corrected chi connectivity index (χ0v) is 9.37. The number of nitrogens with two attached hydrogens (primary N) is 1. The van der Waals surface area contributed by atoms with Gasteiger partial charge in [-0.3, -0.25) is 0 Å². The molecule has 5 heteroatoms. The number of hydrogen-bond acceptors (Lipinski definition) is 4. The second-order valence-corrected chi connectivity index (χ2v) is 4.35. The van der Waals surface area contributed by atoms with E-state index in [0.29, 0.717) is 18.1 Å². The monoisotopic (exact) mass is 230 g/mol. The van der Waals surface area contributed by atoms with E-state index in [1.165, 1.54) is 0 Å². The lowest BCUT2D eigenvalue weighted by Crippen LogP contribution is -2.25. The molecular weight excluding hydrogens is 216 g/mol. The molecule has 3 rings (SSSR count). The van der Waals surface area contributed by atoms with Crippen molar-refractivity contribution in [3.8, 4) is 11.4 Å². The van der Waals surface area contributed by atoms with Crippen molar-refractivity contribution in [1.29, 1.82) is 0 Å². The van der Waals surface area contributed by atoms with Gasteiger partial charge in [0, 0.05) is 17.7 Å². The third-order valence-electron chi connectivity index (χ3n) is 2.98. The van der Waals surface area contributed by atoms with Crippen molar-refractivity contribution in [2.24, 2.45) is 0 Å². The molecule has 0 spiro atoms. The van der Waals surface area contributed by atoms with Crippen molar-refractivity contribution in [3.05, 3.63) is 30.1 Å². The van der Waals surface area contributed by atoms with Crippen molar-refractivity contribution in [1.82, 2.24) is 14.8 Å². The van der Waals surface area contributed by atoms with Gasteiger partial charge in [0.1, 0.15) is 5.82 Å². The molecule has 0 aliphatic carbocycles. The minimum absolute atomic E-state index is 0.308. The lowest BCUT2D eigenvalue weighted by Gasteiger charge is -2.16. The van der Waals surface area contributed by atoms with Crippen LogP contribution in [0.25, 0.3) is 11.4 Å². The number of anilines is 1. The fourth-order valence-corrected chi connectivity index (χ4v) is 2.09. The van der Waals surface area contributed by atoms with Crippen LogP contribution in [-0.4, -0.2) is 26.0 Å². The highest BCUT2D eigenvalue weighted by molar-refractivity contribution is 5.60. The van der Waals surface area contributed by atoms with Gasteiger partial charge in [-0.25, -0.2) is 9.67 Å². The number of aromatic nitrogens is 3. The van der Waals surface area contributed by atoms with E-state index in [4.69, 9.17) is 5.73 Å². The molecule has 1 aliphatic rings. The number of nitrogens with zero attached hydrogens (tertiary/aromatic N) is 3. The zero-order valence-electron chi connectivity index (χ0n) is 9.37. The Balaban J connectivity index is 2.00. The van der Waals surface area contributed by atoms with E-state index >= 15 is 0 Å². The summed E-state index contributed by atoms with van der Waals surface area (Å²) in [6.07, 6.45) is 1.23. The maximum Gasteiger partial charge on any atom is 0.181 e. The van der Waals surface area contributed by atoms with Gasteiger partial charge in [-0.2, -0.15) is 5.10 Å². The first-order valence-electron chi connectivity index (χ1n) is 5.70. The Morgan fingerprint density at radius 3 is 3.12 bits per heavy atom. The molecule has 5 nitrogen and oxygen atoms in total. The van der Waals surface area contributed by atoms with Crippen LogP contribution in [0.15, 0.2) is 24.3 Å². The summed E-state index contributed by atoms with van der Waals surface area (Å²) in [5.74, 6) is 1.62. The molecule has 88 valence electrons. The lowest BCUT2D eigenvalue weighted by molar-refractivity contribution is 0.124. The highest BCUT2D eigenvalue weighted by atomic mass is 16.3. The number of aliphatic hydroxyl groups is 1. The Kier molecular flexibility index (Phi) is 2.33. The van der Waals surface area contributed by atoms with Crippen LogP contribution in [0.5, 0.6) is 0 Å². The standard InChI is InChI=1S/C12H14N4O/c13-9-3-1-2-8(6-9)12-14-11-5-4-10(17)7-16(11)15-12/h1-3,6,10,17H,4-5,7,13H2. The normalized spacial score (nSPS) is 19.0. The number of benzene rings is 1. The van der Waals surface area contributed by atoms with Crippen LogP contribution in [0.4, 0.5) is 5.69 Å². The van der Waals surface area contributed by atoms with Crippen molar-refractivity contribution in [2.45, 2.75) is 25.5 Å². The Morgan fingerprint density at radius 2 is 2.29 bits per heavy atom. The van der Waals surface area contributed by atoms with Gasteiger partial charge in [-0.15, -0.1) is 0 Å². The van der Waals surface area contributed by atoms with Crippen LogP contribution in [0.1, 0.15) is 12.2 Å². The van der Waals surface area contributed by atoms with E-state index in [-0.39, 0.29) is 6.10 Å². The first-order chi connectivity index (χ1) is 8.22. The molecule has 2 aromatic rings. The molecule has 1 unspecified atom stereocenters. The van der Waals surface area contributed by atoms with Gasteiger partial charge < -0.3 is 10.8 Å². The van der Waals surface area contributed by atoms with Crippen molar-refractivity contribution in [3.63, 3.8) is 0 Å². The highest BCUT2D eigenvalue weighted by Crippen LogP contribution is 2.21. The molecule has 0 amide bonds. The minimum Gasteiger partial charge on any atom is -0.399 e. The van der Waals surface area contributed by atoms with E-state index in [9.17, 15) is 5.11 Å². The van der Waals surface area contributed by atoms with Gasteiger partial charge in [0.25, 0.3) is 0 Å². The van der Waals surface area contributed by atoms with Crippen LogP contribution in [0.3, 0.4) is 0 Å². The van der Waals surface area contributed by atoms with Gasteiger partial charge >= 0.3 is 0 Å². The van der Waals surface area contributed by atoms with E-state index in [2.05, 4.69) is 10.1 Å². The number of hydrogen-bond donors (Lipinski definition) is 2. The number of aliphatic hydroxyl groups excluding tert-OH is 1. The molecule has 2 heterocycles. The summed E-state index contributed by atoms with van der Waals surface area (Å²) >= 11 is 0. The average molecular weight is 230 g/mol. The summed E-state index contributed by atoms with van der Waals surface area (Å²) in [5, 5.41) is 14.0. The topological polar surface area (TPSA) is 77.0 Å². The summed E-state index contributed by atoms with van der Waals surface area (Å²) in [4.78, 5) is 4.48. The minimum atomic E-state index is -0.308. The summed E-state index contributed by atoms with van der Waals surface area (Å²) in [7, 11) is 0. The number of fused-ring (bicyclic) bond motifs is 1. The van der Waals surface area contributed by atoms with Gasteiger partial charge in [0.05, 0.1) is 12.6 Å². The third-order valence-corrected chi connectivity index (χ3v) is 2.98. The van der Waals surface area contributed by atoms with Crippen molar-refractivity contribution in [2.75, 3.05) is 5.73 Å². The van der Waals surface area contributed by atoms with Gasteiger partial charge in [0.2, 0.25) is 0 Å². The van der Waals surface area contributed by atoms with Gasteiger partial charge in [0.15, 0.2) is 5.82 Å². The molecule has 0 saturated carbocycles. The molecule has 1 aromatic carbocycles. The number of rotatable bonds is 1. The molecule has 0 fully saturated rings. The molecule has 17 heavy (non-hydrogen) atoms. The predicted octanol–water partition coefficient (Wildman–Crippen LogP) is 0.834. The summed E-state index contributed by atoms with van der Waals surface area (Å²) in [6.45, 7) is 0.532. The summed E-state index contributed by atoms with van der Waals surface area (Å²) < 4.78 is 1.78. The first kappa shape index (κ1) is 10.3. The second kappa shape index (κ2) is 3.85. The van der Waals surface area contributed by atoms with E-state index < -0.39 is 0 Å². The molecule has 0 radical (unpaired) electrons. The smallest absolute Gasteiger partial charge is 0.181 e. The molecule has 3 N–H and O–H groups in total. The average Bonchev–Trinajstić information content (AvgIpc) is 2.72. The fraction of sp³-hybridized carbons (Fsp3) is 0.333. The van der Waals surface area contributed by atoms with Crippen LogP contribution in [0, 0.1) is 0 Å². The van der Waals surface area contributed by atoms with Crippen LogP contribution in [0.2, 0.25) is 0 Å². The summed E-state index contributed by atoms with van der Waals surface area (Å²) in [5.41, 5.74) is 7.36. The van der Waals surface area contributed by atoms with Crippen LogP contribution >= 0.6 is 0 Å². The summed E-state index contributed by atoms with van der Waals surface area (Å²) in [6, 6.07) is 7.52. The predicted molar refractivity (Wildman–Crippen MR) is 64.2 cm³/mol. The van der Waals surface area contributed by atoms with Crippen LogP contribution in [-0.2, 0) is 13.0 Å². The highest BCUT2D eigenvalue weighted by Gasteiger charge is 2.20. The number of aryl methyl sites for hydroxylation is 1. The van der Waals surface area contributed by atoms with Gasteiger partial charge in [-0.05, 0) is 18.6 Å². The molecule has 1 aromatic heterocycles. The Labute approximate surface area is 98.9 Å². The number of nitrogen functional groups attached to an aromatic ring is 1. The molecular formula is C12H14N4O. The maximum atomic E-state index is 9.57. The van der Waals surface area contributed by atoms with Crippen molar-refractivity contribution < 1.29 is 5.11 Å². The van der Waals surface area contributed by atoms with E-state index in [1.807, 2.05) is 24.3 Å². The quantitative estimate of drug-likeness (QED) is 0.711. The third kappa shape index (κ3) is 1.89. The van der Waals surface area contributed by atoms with Gasteiger partial charge in [-0.1, -0.05) is 12.1 Å². The fourth-order valence-electron chi connectivity index (χ4n) is 2.09.